The number of rotatable bonds is 4. The van der Waals surface area contributed by atoms with Gasteiger partial charge in [-0.05, 0) is 37.3 Å². The van der Waals surface area contributed by atoms with Gasteiger partial charge in [0.1, 0.15) is 11.5 Å². The number of fused-ring (bicyclic) bond motifs is 1. The molecule has 2 amide bonds. The van der Waals surface area contributed by atoms with Gasteiger partial charge in [-0.1, -0.05) is 11.6 Å². The summed E-state index contributed by atoms with van der Waals surface area (Å²) in [6.45, 7) is 2.42. The van der Waals surface area contributed by atoms with Crippen molar-refractivity contribution in [2.75, 3.05) is 25.0 Å². The number of amides is 2. The molecule has 1 aliphatic heterocycles. The van der Waals surface area contributed by atoms with E-state index in [0.29, 0.717) is 11.1 Å². The van der Waals surface area contributed by atoms with Crippen molar-refractivity contribution in [3.8, 4) is 0 Å². The van der Waals surface area contributed by atoms with Crippen molar-refractivity contribution < 1.29 is 22.4 Å². The number of aryl methyl sites for hydroxylation is 1. The number of pyridine rings is 2. The minimum Gasteiger partial charge on any atom is -0.383 e. The van der Waals surface area contributed by atoms with Gasteiger partial charge < -0.3 is 16.0 Å². The normalized spacial score (nSPS) is 15.6. The standard InChI is InChI=1S/C21H19F4N5O/c1-12-2-4-15-14(6-12)16(7-18(29-15)21(23,24)25)28-9-20(10-30(11-20)19(26)31)17-5-3-13(22)8-27-17/h2-8H,9-11H2,1H3,(H2,26,31)(H,28,29). The molecule has 0 spiro atoms. The van der Waals surface area contributed by atoms with Crippen molar-refractivity contribution >= 4 is 22.6 Å². The average Bonchev–Trinajstić information content (AvgIpc) is 2.67. The number of primary amides is 1. The predicted octanol–water partition coefficient (Wildman–Crippen LogP) is 3.84. The van der Waals surface area contributed by atoms with Gasteiger partial charge >= 0.3 is 12.2 Å². The summed E-state index contributed by atoms with van der Waals surface area (Å²) in [6.07, 6.45) is -3.54. The fourth-order valence-corrected chi connectivity index (χ4v) is 3.79. The van der Waals surface area contributed by atoms with Crippen LogP contribution in [0.1, 0.15) is 17.0 Å². The molecular formula is C21H19F4N5O. The maximum Gasteiger partial charge on any atom is 0.433 e. The highest BCUT2D eigenvalue weighted by molar-refractivity contribution is 5.92. The van der Waals surface area contributed by atoms with Crippen LogP contribution < -0.4 is 11.1 Å². The van der Waals surface area contributed by atoms with Gasteiger partial charge in [-0.25, -0.2) is 14.2 Å². The van der Waals surface area contributed by atoms with Crippen molar-refractivity contribution in [1.82, 2.24) is 14.9 Å². The molecule has 1 saturated heterocycles. The van der Waals surface area contributed by atoms with Gasteiger partial charge in [-0.3, -0.25) is 4.98 Å². The van der Waals surface area contributed by atoms with Crippen LogP contribution in [0.15, 0.2) is 42.6 Å². The molecule has 0 saturated carbocycles. The number of nitrogens with one attached hydrogen (secondary N) is 1. The highest BCUT2D eigenvalue weighted by Crippen LogP contribution is 2.37. The molecular weight excluding hydrogens is 414 g/mol. The summed E-state index contributed by atoms with van der Waals surface area (Å²) in [5.74, 6) is -0.511. The molecule has 0 radical (unpaired) electrons. The van der Waals surface area contributed by atoms with E-state index in [2.05, 4.69) is 15.3 Å². The number of likely N-dealkylation sites (tertiary alicyclic amines) is 1. The first-order valence-electron chi connectivity index (χ1n) is 9.46. The van der Waals surface area contributed by atoms with Gasteiger partial charge in [0.2, 0.25) is 0 Å². The van der Waals surface area contributed by atoms with Crippen molar-refractivity contribution in [2.45, 2.75) is 18.5 Å². The second kappa shape index (κ2) is 7.36. The average molecular weight is 433 g/mol. The van der Waals surface area contributed by atoms with Gasteiger partial charge in [-0.2, -0.15) is 13.2 Å². The minimum atomic E-state index is -4.61. The molecule has 0 bridgehead atoms. The van der Waals surface area contributed by atoms with Crippen LogP contribution in [0.4, 0.5) is 28.0 Å². The topological polar surface area (TPSA) is 84.1 Å². The highest BCUT2D eigenvalue weighted by atomic mass is 19.4. The number of hydrogen-bond donors (Lipinski definition) is 2. The van der Waals surface area contributed by atoms with Crippen LogP contribution in [-0.4, -0.2) is 40.5 Å². The summed E-state index contributed by atoms with van der Waals surface area (Å²) in [6, 6.07) is 8.11. The van der Waals surface area contributed by atoms with Gasteiger partial charge in [0.25, 0.3) is 0 Å². The Bertz CT molecular complexity index is 1140. The van der Waals surface area contributed by atoms with Gasteiger partial charge in [0.05, 0.1) is 22.8 Å². The summed E-state index contributed by atoms with van der Waals surface area (Å²) in [7, 11) is 0. The van der Waals surface area contributed by atoms with Crippen molar-refractivity contribution in [3.05, 3.63) is 65.4 Å². The van der Waals surface area contributed by atoms with Crippen molar-refractivity contribution in [3.63, 3.8) is 0 Å². The van der Waals surface area contributed by atoms with Crippen LogP contribution in [0.2, 0.25) is 0 Å². The van der Waals surface area contributed by atoms with E-state index in [0.717, 1.165) is 17.8 Å². The first-order chi connectivity index (χ1) is 14.6. The van der Waals surface area contributed by atoms with Gasteiger partial charge in [0, 0.05) is 30.7 Å². The molecule has 1 fully saturated rings. The Morgan fingerprint density at radius 3 is 2.58 bits per heavy atom. The number of alkyl halides is 3. The Kier molecular flexibility index (Phi) is 4.95. The Morgan fingerprint density at radius 1 is 1.23 bits per heavy atom. The highest BCUT2D eigenvalue weighted by Gasteiger charge is 2.47. The van der Waals surface area contributed by atoms with Crippen LogP contribution in [0.5, 0.6) is 0 Å². The Morgan fingerprint density at radius 2 is 1.97 bits per heavy atom. The summed E-state index contributed by atoms with van der Waals surface area (Å²) < 4.78 is 53.5. The molecule has 1 aromatic carbocycles. The maximum absolute atomic E-state index is 13.4. The van der Waals surface area contributed by atoms with Gasteiger partial charge in [0.15, 0.2) is 0 Å². The lowest BCUT2D eigenvalue weighted by atomic mass is 9.76. The van der Waals surface area contributed by atoms with E-state index in [1.54, 1.807) is 18.2 Å². The number of halogens is 4. The number of aromatic nitrogens is 2. The lowest BCUT2D eigenvalue weighted by Gasteiger charge is -2.49. The Hall–Kier alpha value is -3.43. The predicted molar refractivity (Wildman–Crippen MR) is 107 cm³/mol. The minimum absolute atomic E-state index is 0.166. The lowest BCUT2D eigenvalue weighted by Crippen LogP contribution is -2.65. The molecule has 0 unspecified atom stereocenters. The number of carbonyl (C=O) groups is 1. The molecule has 1 aliphatic rings. The molecule has 6 nitrogen and oxygen atoms in total. The number of hydrogen-bond acceptors (Lipinski definition) is 4. The SMILES string of the molecule is Cc1ccc2nc(C(F)(F)F)cc(NCC3(c4ccc(F)cn4)CN(C(N)=O)C3)c2c1. The molecule has 0 aliphatic carbocycles. The number of anilines is 1. The third-order valence-electron chi connectivity index (χ3n) is 5.44. The Balaban J connectivity index is 1.71. The smallest absolute Gasteiger partial charge is 0.383 e. The molecule has 3 heterocycles. The molecule has 31 heavy (non-hydrogen) atoms. The summed E-state index contributed by atoms with van der Waals surface area (Å²) in [5.41, 5.74) is 5.48. The molecule has 3 aromatic rings. The largest absolute Gasteiger partial charge is 0.433 e. The number of carbonyl (C=O) groups excluding carboxylic acids is 1. The van der Waals surface area contributed by atoms with E-state index in [4.69, 9.17) is 5.73 Å². The van der Waals surface area contributed by atoms with Crippen LogP contribution in [-0.2, 0) is 11.6 Å². The lowest BCUT2D eigenvalue weighted by molar-refractivity contribution is -0.140. The van der Waals surface area contributed by atoms with E-state index in [1.165, 1.54) is 17.0 Å². The number of nitrogens with zero attached hydrogens (tertiary/aromatic N) is 3. The fraction of sp³-hybridized carbons (Fsp3) is 0.286. The second-order valence-electron chi connectivity index (χ2n) is 7.76. The summed E-state index contributed by atoms with van der Waals surface area (Å²) in [5, 5.41) is 3.63. The van der Waals surface area contributed by atoms with Crippen LogP contribution in [0, 0.1) is 12.7 Å². The number of urea groups is 1. The van der Waals surface area contributed by atoms with E-state index in [1.807, 2.05) is 6.92 Å². The zero-order chi connectivity index (χ0) is 22.4. The second-order valence-corrected chi connectivity index (χ2v) is 7.76. The molecule has 2 aromatic heterocycles. The van der Waals surface area contributed by atoms with Crippen LogP contribution in [0.25, 0.3) is 10.9 Å². The number of nitrogens with two attached hydrogens (primary N) is 1. The molecule has 10 heteroatoms. The van der Waals surface area contributed by atoms with E-state index >= 15 is 0 Å². The molecule has 162 valence electrons. The first kappa shape index (κ1) is 20.8. The zero-order valence-electron chi connectivity index (χ0n) is 16.5. The maximum atomic E-state index is 13.4. The van der Waals surface area contributed by atoms with Gasteiger partial charge in [-0.15, -0.1) is 0 Å². The molecule has 4 rings (SSSR count). The van der Waals surface area contributed by atoms with E-state index in [9.17, 15) is 22.4 Å². The van der Waals surface area contributed by atoms with E-state index in [-0.39, 0.29) is 30.8 Å². The molecule has 0 atom stereocenters. The zero-order valence-corrected chi connectivity index (χ0v) is 16.5. The first-order valence-corrected chi connectivity index (χ1v) is 9.46. The van der Waals surface area contributed by atoms with Crippen LogP contribution >= 0.6 is 0 Å². The summed E-state index contributed by atoms with van der Waals surface area (Å²) in [4.78, 5) is 20.8. The van der Waals surface area contributed by atoms with Crippen LogP contribution in [0.3, 0.4) is 0 Å². The Labute approximate surface area is 175 Å². The number of benzene rings is 1. The third kappa shape index (κ3) is 3.97. The van der Waals surface area contributed by atoms with Crippen molar-refractivity contribution in [2.24, 2.45) is 5.73 Å². The fourth-order valence-electron chi connectivity index (χ4n) is 3.79. The van der Waals surface area contributed by atoms with Crippen molar-refractivity contribution in [1.29, 1.82) is 0 Å². The van der Waals surface area contributed by atoms with E-state index < -0.39 is 29.1 Å². The molecule has 3 N–H and O–H groups in total. The third-order valence-corrected chi connectivity index (χ3v) is 5.44. The quantitative estimate of drug-likeness (QED) is 0.613. The monoisotopic (exact) mass is 433 g/mol. The summed E-state index contributed by atoms with van der Waals surface area (Å²) >= 11 is 0.